The van der Waals surface area contributed by atoms with Gasteiger partial charge >= 0.3 is 0 Å². The fraction of sp³-hybridized carbons (Fsp3) is 0.391. The molecule has 6 heteroatoms. The molecule has 2 aliphatic heterocycles. The van der Waals surface area contributed by atoms with Crippen molar-refractivity contribution >= 4 is 5.91 Å². The van der Waals surface area contributed by atoms with Gasteiger partial charge in [-0.1, -0.05) is 22.3 Å². The Kier molecular flexibility index (Phi) is 4.42. The second-order valence-electron chi connectivity index (χ2n) is 8.34. The first kappa shape index (κ1) is 18.0. The van der Waals surface area contributed by atoms with E-state index in [1.807, 2.05) is 38.1 Å². The largest absolute Gasteiger partial charge is 0.339 e. The summed E-state index contributed by atoms with van der Waals surface area (Å²) in [5.41, 5.74) is 3.91. The molecule has 148 valence electrons. The van der Waals surface area contributed by atoms with Crippen LogP contribution in [-0.4, -0.2) is 38.0 Å². The zero-order valence-corrected chi connectivity index (χ0v) is 16.7. The second-order valence-corrected chi connectivity index (χ2v) is 8.34. The third-order valence-corrected chi connectivity index (χ3v) is 6.15. The molecule has 1 aromatic carbocycles. The average molecular weight is 388 g/mol. The number of piperidine rings is 1. The highest BCUT2D eigenvalue weighted by Gasteiger charge is 2.45. The van der Waals surface area contributed by atoms with Gasteiger partial charge in [-0.15, -0.1) is 0 Å². The van der Waals surface area contributed by atoms with Gasteiger partial charge in [0, 0.05) is 41.5 Å². The minimum atomic E-state index is 0.157. The molecular formula is C23H24N4O2. The number of fused-ring (bicyclic) bond motifs is 2. The number of carbonyl (C=O) groups excluding carboxylic acids is 1. The minimum absolute atomic E-state index is 0.157. The van der Waals surface area contributed by atoms with Gasteiger partial charge in [0.25, 0.3) is 5.91 Å². The average Bonchev–Trinajstić information content (AvgIpc) is 3.30. The zero-order chi connectivity index (χ0) is 20.0. The Bertz CT molecular complexity index is 1010. The molecule has 6 nitrogen and oxygen atoms in total. The summed E-state index contributed by atoms with van der Waals surface area (Å²) in [7, 11) is 0. The highest BCUT2D eigenvalue weighted by Crippen LogP contribution is 2.43. The molecule has 4 heterocycles. The molecule has 5 rings (SSSR count). The number of benzene rings is 1. The number of rotatable bonds is 3. The lowest BCUT2D eigenvalue weighted by atomic mass is 9.90. The predicted molar refractivity (Wildman–Crippen MR) is 108 cm³/mol. The second kappa shape index (κ2) is 7.10. The van der Waals surface area contributed by atoms with E-state index in [9.17, 15) is 4.79 Å². The molecule has 1 unspecified atom stereocenters. The molecule has 3 atom stereocenters. The third-order valence-electron chi connectivity index (χ3n) is 6.15. The Labute approximate surface area is 170 Å². The Balaban J connectivity index is 1.35. The monoisotopic (exact) mass is 388 g/mol. The van der Waals surface area contributed by atoms with Crippen LogP contribution in [0.1, 0.15) is 59.0 Å². The maximum absolute atomic E-state index is 13.3. The van der Waals surface area contributed by atoms with E-state index in [1.165, 1.54) is 0 Å². The van der Waals surface area contributed by atoms with E-state index in [0.717, 1.165) is 47.9 Å². The molecule has 0 N–H and O–H groups in total. The number of amides is 1. The molecule has 3 aromatic rings. The molecule has 2 bridgehead atoms. The van der Waals surface area contributed by atoms with Crippen molar-refractivity contribution in [3.8, 4) is 11.4 Å². The Morgan fingerprint density at radius 3 is 2.48 bits per heavy atom. The summed E-state index contributed by atoms with van der Waals surface area (Å²) in [5, 5.41) is 4.15. The van der Waals surface area contributed by atoms with Gasteiger partial charge in [0.2, 0.25) is 11.7 Å². The summed E-state index contributed by atoms with van der Waals surface area (Å²) in [6, 6.07) is 10.4. The summed E-state index contributed by atoms with van der Waals surface area (Å²) in [6.07, 6.45) is 7.31. The summed E-state index contributed by atoms with van der Waals surface area (Å²) < 4.78 is 5.60. The first-order chi connectivity index (χ1) is 14.1. The maximum Gasteiger partial charge on any atom is 0.254 e. The van der Waals surface area contributed by atoms with Crippen molar-refractivity contribution in [1.29, 1.82) is 0 Å². The Hall–Kier alpha value is -3.02. The van der Waals surface area contributed by atoms with Gasteiger partial charge in [0.05, 0.1) is 0 Å². The van der Waals surface area contributed by atoms with Crippen LogP contribution in [0.3, 0.4) is 0 Å². The van der Waals surface area contributed by atoms with Crippen molar-refractivity contribution in [1.82, 2.24) is 20.0 Å². The van der Waals surface area contributed by atoms with Crippen LogP contribution in [0.2, 0.25) is 0 Å². The van der Waals surface area contributed by atoms with E-state index >= 15 is 0 Å². The molecule has 29 heavy (non-hydrogen) atoms. The van der Waals surface area contributed by atoms with Gasteiger partial charge in [-0.05, 0) is 63.8 Å². The van der Waals surface area contributed by atoms with Crippen LogP contribution < -0.4 is 0 Å². The van der Waals surface area contributed by atoms with Gasteiger partial charge in [-0.3, -0.25) is 9.78 Å². The van der Waals surface area contributed by atoms with Gasteiger partial charge in [0.1, 0.15) is 0 Å². The SMILES string of the molecule is Cc1cc(C)cc(C(=O)N2[C@@H]3CC[C@H]2CC(c2nc(-c4cccnc4)no2)C3)c1. The highest BCUT2D eigenvalue weighted by atomic mass is 16.5. The maximum atomic E-state index is 13.3. The van der Waals surface area contributed by atoms with Crippen molar-refractivity contribution in [2.24, 2.45) is 0 Å². The molecule has 2 saturated heterocycles. The molecule has 2 fully saturated rings. The van der Waals surface area contributed by atoms with Crippen LogP contribution in [0.4, 0.5) is 0 Å². The number of hydrogen-bond donors (Lipinski definition) is 0. The fourth-order valence-corrected chi connectivity index (χ4v) is 4.97. The quantitative estimate of drug-likeness (QED) is 0.669. The lowest BCUT2D eigenvalue weighted by molar-refractivity contribution is 0.0554. The van der Waals surface area contributed by atoms with Crippen LogP contribution in [0.15, 0.2) is 47.2 Å². The fourth-order valence-electron chi connectivity index (χ4n) is 4.97. The van der Waals surface area contributed by atoms with Crippen molar-refractivity contribution in [2.45, 2.75) is 57.5 Å². The Morgan fingerprint density at radius 2 is 1.83 bits per heavy atom. The van der Waals surface area contributed by atoms with Crippen molar-refractivity contribution in [3.05, 3.63) is 65.3 Å². The standard InChI is InChI=1S/C23H24N4O2/c1-14-8-15(2)10-18(9-14)23(28)27-19-5-6-20(27)12-17(11-19)22-25-21(26-29-22)16-4-3-7-24-13-16/h3-4,7-10,13,17,19-20H,5-6,11-12H2,1-2H3/t17?,19-,20+. The highest BCUT2D eigenvalue weighted by molar-refractivity contribution is 5.95. The molecule has 0 radical (unpaired) electrons. The molecule has 2 aliphatic rings. The van der Waals surface area contributed by atoms with Crippen LogP contribution in [0.5, 0.6) is 0 Å². The summed E-state index contributed by atoms with van der Waals surface area (Å²) in [4.78, 5) is 24.1. The summed E-state index contributed by atoms with van der Waals surface area (Å²) in [5.74, 6) is 1.62. The molecule has 1 amide bonds. The van der Waals surface area contributed by atoms with Gasteiger partial charge < -0.3 is 9.42 Å². The van der Waals surface area contributed by atoms with E-state index in [1.54, 1.807) is 12.4 Å². The first-order valence-electron chi connectivity index (χ1n) is 10.2. The normalized spacial score (nSPS) is 23.4. The predicted octanol–water partition coefficient (Wildman–Crippen LogP) is 4.30. The number of aromatic nitrogens is 3. The van der Waals surface area contributed by atoms with Crippen molar-refractivity contribution < 1.29 is 9.32 Å². The molecule has 0 aliphatic carbocycles. The van der Waals surface area contributed by atoms with E-state index in [0.29, 0.717) is 11.7 Å². The molecular weight excluding hydrogens is 364 g/mol. The topological polar surface area (TPSA) is 72.1 Å². The van der Waals surface area contributed by atoms with Gasteiger partial charge in [-0.25, -0.2) is 0 Å². The van der Waals surface area contributed by atoms with Crippen LogP contribution in [0, 0.1) is 13.8 Å². The smallest absolute Gasteiger partial charge is 0.254 e. The van der Waals surface area contributed by atoms with Crippen molar-refractivity contribution in [3.63, 3.8) is 0 Å². The van der Waals surface area contributed by atoms with Crippen molar-refractivity contribution in [2.75, 3.05) is 0 Å². The van der Waals surface area contributed by atoms with E-state index in [-0.39, 0.29) is 23.9 Å². The number of aryl methyl sites for hydroxylation is 2. The van der Waals surface area contributed by atoms with E-state index < -0.39 is 0 Å². The number of carbonyl (C=O) groups is 1. The molecule has 0 saturated carbocycles. The zero-order valence-electron chi connectivity index (χ0n) is 16.7. The number of nitrogens with zero attached hydrogens (tertiary/aromatic N) is 4. The number of hydrogen-bond acceptors (Lipinski definition) is 5. The lowest BCUT2D eigenvalue weighted by Gasteiger charge is -2.38. The van der Waals surface area contributed by atoms with Gasteiger partial charge in [-0.2, -0.15) is 4.98 Å². The van der Waals surface area contributed by atoms with Crippen LogP contribution in [0.25, 0.3) is 11.4 Å². The molecule has 2 aromatic heterocycles. The Morgan fingerprint density at radius 1 is 1.10 bits per heavy atom. The van der Waals surface area contributed by atoms with Crippen LogP contribution >= 0.6 is 0 Å². The van der Waals surface area contributed by atoms with E-state index in [4.69, 9.17) is 4.52 Å². The lowest BCUT2D eigenvalue weighted by Crippen LogP contribution is -2.46. The third kappa shape index (κ3) is 3.33. The van der Waals surface area contributed by atoms with E-state index in [2.05, 4.69) is 26.1 Å². The summed E-state index contributed by atoms with van der Waals surface area (Å²) >= 11 is 0. The first-order valence-corrected chi connectivity index (χ1v) is 10.2. The minimum Gasteiger partial charge on any atom is -0.339 e. The van der Waals surface area contributed by atoms with Crippen LogP contribution in [-0.2, 0) is 0 Å². The van der Waals surface area contributed by atoms with Gasteiger partial charge in [0.15, 0.2) is 0 Å². The number of pyridine rings is 1. The molecule has 0 spiro atoms. The summed E-state index contributed by atoms with van der Waals surface area (Å²) in [6.45, 7) is 4.08.